The van der Waals surface area contributed by atoms with Gasteiger partial charge in [0.1, 0.15) is 5.75 Å². The fraction of sp³-hybridized carbons (Fsp3) is 0.167. The molecule has 0 aliphatic rings. The molecule has 5 nitrogen and oxygen atoms in total. The summed E-state index contributed by atoms with van der Waals surface area (Å²) in [5.74, 6) is 0.157. The summed E-state index contributed by atoms with van der Waals surface area (Å²) < 4.78 is 5.55. The van der Waals surface area contributed by atoms with E-state index in [4.69, 9.17) is 4.74 Å². The quantitative estimate of drug-likeness (QED) is 0.455. The van der Waals surface area contributed by atoms with Gasteiger partial charge in [0.05, 0.1) is 12.8 Å². The fourth-order valence-corrected chi connectivity index (χ4v) is 2.90. The molecule has 0 bridgehead atoms. The lowest BCUT2D eigenvalue weighted by Gasteiger charge is -2.27. The minimum Gasteiger partial charge on any atom is -0.494 e. The molecule has 29 heavy (non-hydrogen) atoms. The maximum atomic E-state index is 12.9. The van der Waals surface area contributed by atoms with Crippen LogP contribution in [0.1, 0.15) is 30.0 Å². The molecule has 0 aromatic heterocycles. The average Bonchev–Trinajstić information content (AvgIpc) is 2.79. The first-order chi connectivity index (χ1) is 14.1. The van der Waals surface area contributed by atoms with E-state index >= 15 is 0 Å². The highest BCUT2D eigenvalue weighted by atomic mass is 16.5. The molecule has 5 heteroatoms. The minimum absolute atomic E-state index is 0.469. The summed E-state index contributed by atoms with van der Waals surface area (Å²) in [7, 11) is 0. The fourth-order valence-electron chi connectivity index (χ4n) is 2.90. The lowest BCUT2D eigenvalue weighted by molar-refractivity contribution is -0.136. The summed E-state index contributed by atoms with van der Waals surface area (Å²) in [5.41, 5.74) is 2.36. The van der Waals surface area contributed by atoms with E-state index in [2.05, 4.69) is 17.5 Å². The molecule has 3 aromatic carbocycles. The second-order valence-corrected chi connectivity index (χ2v) is 6.56. The lowest BCUT2D eigenvalue weighted by Crippen LogP contribution is -2.43. The number of carbonyl (C=O) groups is 1. The van der Waals surface area contributed by atoms with Gasteiger partial charge in [-0.05, 0) is 47.4 Å². The molecule has 1 amide bonds. The highest BCUT2D eigenvalue weighted by molar-refractivity contribution is 5.91. The van der Waals surface area contributed by atoms with Crippen molar-refractivity contribution in [3.63, 3.8) is 0 Å². The van der Waals surface area contributed by atoms with Gasteiger partial charge in [-0.15, -0.1) is 0 Å². The SMILES string of the molecule is CCCOc1ccc(/C=N/NC(=O)C(O)(c2ccccc2)c2ccccc2)cc1. The second-order valence-electron chi connectivity index (χ2n) is 6.56. The van der Waals surface area contributed by atoms with Crippen LogP contribution in [0, 0.1) is 0 Å². The van der Waals surface area contributed by atoms with Crippen LogP contribution in [0.4, 0.5) is 0 Å². The van der Waals surface area contributed by atoms with E-state index in [1.165, 1.54) is 6.21 Å². The molecule has 0 aliphatic heterocycles. The van der Waals surface area contributed by atoms with E-state index in [9.17, 15) is 9.90 Å². The Balaban J connectivity index is 1.76. The largest absolute Gasteiger partial charge is 0.494 e. The summed E-state index contributed by atoms with van der Waals surface area (Å²) in [4.78, 5) is 12.9. The molecule has 0 unspecified atom stereocenters. The van der Waals surface area contributed by atoms with Crippen LogP contribution in [0.5, 0.6) is 5.75 Å². The first-order valence-electron chi connectivity index (χ1n) is 9.54. The van der Waals surface area contributed by atoms with Crippen LogP contribution in [0.3, 0.4) is 0 Å². The van der Waals surface area contributed by atoms with Crippen LogP contribution in [-0.2, 0) is 10.4 Å². The maximum Gasteiger partial charge on any atom is 0.281 e. The number of nitrogens with zero attached hydrogens (tertiary/aromatic N) is 1. The van der Waals surface area contributed by atoms with Crippen molar-refractivity contribution >= 4 is 12.1 Å². The predicted octanol–water partition coefficient (Wildman–Crippen LogP) is 3.86. The highest BCUT2D eigenvalue weighted by Crippen LogP contribution is 2.29. The molecule has 2 N–H and O–H groups in total. The Morgan fingerprint density at radius 2 is 1.52 bits per heavy atom. The van der Waals surface area contributed by atoms with Gasteiger partial charge < -0.3 is 9.84 Å². The van der Waals surface area contributed by atoms with Crippen molar-refractivity contribution in [1.29, 1.82) is 0 Å². The van der Waals surface area contributed by atoms with Gasteiger partial charge in [-0.3, -0.25) is 4.79 Å². The van der Waals surface area contributed by atoms with E-state index in [1.54, 1.807) is 48.5 Å². The standard InChI is InChI=1S/C24H24N2O3/c1-2-17-29-22-15-13-19(14-16-22)18-25-26-23(27)24(28,20-9-5-3-6-10-20)21-11-7-4-8-12-21/h3-16,18,28H,2,17H2,1H3,(H,26,27)/b25-18+. The maximum absolute atomic E-state index is 12.9. The van der Waals surface area contributed by atoms with Crippen LogP contribution in [0.15, 0.2) is 90.0 Å². The van der Waals surface area contributed by atoms with Crippen molar-refractivity contribution in [2.75, 3.05) is 6.61 Å². The van der Waals surface area contributed by atoms with Crippen molar-refractivity contribution < 1.29 is 14.6 Å². The van der Waals surface area contributed by atoms with Gasteiger partial charge in [-0.2, -0.15) is 5.10 Å². The van der Waals surface area contributed by atoms with Crippen molar-refractivity contribution in [3.8, 4) is 5.75 Å². The molecule has 3 aromatic rings. The number of ether oxygens (including phenoxy) is 1. The van der Waals surface area contributed by atoms with Crippen molar-refractivity contribution in [3.05, 3.63) is 102 Å². The van der Waals surface area contributed by atoms with Crippen LogP contribution < -0.4 is 10.2 Å². The molecule has 0 spiro atoms. The third kappa shape index (κ3) is 4.89. The van der Waals surface area contributed by atoms with Crippen molar-refractivity contribution in [2.24, 2.45) is 5.10 Å². The summed E-state index contributed by atoms with van der Waals surface area (Å²) in [6.07, 6.45) is 2.47. The Kier molecular flexibility index (Phi) is 6.76. The van der Waals surface area contributed by atoms with Gasteiger partial charge >= 0.3 is 0 Å². The van der Waals surface area contributed by atoms with Gasteiger partial charge in [0.2, 0.25) is 0 Å². The Bertz CT molecular complexity index is 899. The molecule has 0 heterocycles. The Hall–Kier alpha value is -3.44. The molecule has 0 fully saturated rings. The topological polar surface area (TPSA) is 70.9 Å². The van der Waals surface area contributed by atoms with E-state index in [1.807, 2.05) is 36.4 Å². The van der Waals surface area contributed by atoms with Gasteiger partial charge in [-0.25, -0.2) is 5.43 Å². The number of aliphatic hydroxyl groups is 1. The predicted molar refractivity (Wildman–Crippen MR) is 114 cm³/mol. The zero-order valence-electron chi connectivity index (χ0n) is 16.3. The summed E-state index contributed by atoms with van der Waals surface area (Å²) in [5, 5.41) is 15.4. The molecule has 0 radical (unpaired) electrons. The van der Waals surface area contributed by atoms with Crippen LogP contribution in [0.2, 0.25) is 0 Å². The molecule has 0 atom stereocenters. The van der Waals surface area contributed by atoms with Crippen LogP contribution in [-0.4, -0.2) is 23.8 Å². The normalized spacial score (nSPS) is 11.4. The first-order valence-corrected chi connectivity index (χ1v) is 9.54. The number of amides is 1. The molecule has 148 valence electrons. The number of nitrogens with one attached hydrogen (secondary N) is 1. The third-order valence-electron chi connectivity index (χ3n) is 4.44. The zero-order valence-corrected chi connectivity index (χ0v) is 16.3. The number of hydrazone groups is 1. The smallest absolute Gasteiger partial charge is 0.281 e. The minimum atomic E-state index is -1.85. The monoisotopic (exact) mass is 388 g/mol. The zero-order chi connectivity index (χ0) is 20.5. The van der Waals surface area contributed by atoms with Gasteiger partial charge in [-0.1, -0.05) is 67.6 Å². The van der Waals surface area contributed by atoms with Gasteiger partial charge in [0, 0.05) is 0 Å². The van der Waals surface area contributed by atoms with E-state index in [0.717, 1.165) is 17.7 Å². The van der Waals surface area contributed by atoms with E-state index in [-0.39, 0.29) is 0 Å². The van der Waals surface area contributed by atoms with E-state index in [0.29, 0.717) is 17.7 Å². The summed E-state index contributed by atoms with van der Waals surface area (Å²) >= 11 is 0. The number of rotatable bonds is 8. The number of benzene rings is 3. The summed E-state index contributed by atoms with van der Waals surface area (Å²) in [6.45, 7) is 2.72. The molecular weight excluding hydrogens is 364 g/mol. The number of hydrogen-bond acceptors (Lipinski definition) is 4. The Morgan fingerprint density at radius 3 is 2.03 bits per heavy atom. The van der Waals surface area contributed by atoms with E-state index < -0.39 is 11.5 Å². The molecule has 3 rings (SSSR count). The van der Waals surface area contributed by atoms with Crippen molar-refractivity contribution in [2.45, 2.75) is 18.9 Å². The van der Waals surface area contributed by atoms with Crippen LogP contribution >= 0.6 is 0 Å². The first kappa shape index (κ1) is 20.3. The average molecular weight is 388 g/mol. The molecule has 0 aliphatic carbocycles. The number of hydrogen-bond donors (Lipinski definition) is 2. The third-order valence-corrected chi connectivity index (χ3v) is 4.44. The molecule has 0 saturated carbocycles. The highest BCUT2D eigenvalue weighted by Gasteiger charge is 2.39. The molecule has 0 saturated heterocycles. The molecular formula is C24H24N2O3. The summed E-state index contributed by atoms with van der Waals surface area (Å²) in [6, 6.07) is 25.0. The Labute approximate surface area is 170 Å². The lowest BCUT2D eigenvalue weighted by atomic mass is 9.85. The Morgan fingerprint density at radius 1 is 0.966 bits per heavy atom. The van der Waals surface area contributed by atoms with Gasteiger partial charge in [0.15, 0.2) is 5.60 Å². The van der Waals surface area contributed by atoms with Gasteiger partial charge in [0.25, 0.3) is 5.91 Å². The number of carbonyl (C=O) groups excluding carboxylic acids is 1. The second kappa shape index (κ2) is 9.66. The van der Waals surface area contributed by atoms with Crippen LogP contribution in [0.25, 0.3) is 0 Å². The van der Waals surface area contributed by atoms with Crippen molar-refractivity contribution in [1.82, 2.24) is 5.43 Å².